The van der Waals surface area contributed by atoms with Crippen molar-refractivity contribution in [2.45, 2.75) is 19.9 Å². The SMILES string of the molecule is Cc1ccc(NC(=O)C2CCN(Cc3ccccc3)C2)cc1Cl. The van der Waals surface area contributed by atoms with Crippen LogP contribution in [0.4, 0.5) is 5.69 Å². The van der Waals surface area contributed by atoms with Gasteiger partial charge in [0, 0.05) is 23.8 Å². The quantitative estimate of drug-likeness (QED) is 0.916. The normalized spacial score (nSPS) is 18.1. The van der Waals surface area contributed by atoms with Gasteiger partial charge in [0.15, 0.2) is 0 Å². The van der Waals surface area contributed by atoms with Crippen LogP contribution in [0.2, 0.25) is 5.02 Å². The molecule has 0 bridgehead atoms. The third kappa shape index (κ3) is 4.12. The molecule has 1 aliphatic heterocycles. The second-order valence-corrected chi connectivity index (χ2v) is 6.57. The molecule has 1 N–H and O–H groups in total. The van der Waals surface area contributed by atoms with Crippen molar-refractivity contribution in [1.29, 1.82) is 0 Å². The monoisotopic (exact) mass is 328 g/mol. The molecule has 1 aliphatic rings. The molecule has 1 amide bonds. The number of likely N-dealkylation sites (tertiary alicyclic amines) is 1. The van der Waals surface area contributed by atoms with E-state index in [9.17, 15) is 4.79 Å². The number of amides is 1. The zero-order chi connectivity index (χ0) is 16.2. The van der Waals surface area contributed by atoms with E-state index in [-0.39, 0.29) is 11.8 Å². The number of rotatable bonds is 4. The smallest absolute Gasteiger partial charge is 0.228 e. The lowest BCUT2D eigenvalue weighted by atomic mass is 10.1. The lowest BCUT2D eigenvalue weighted by molar-refractivity contribution is -0.119. The van der Waals surface area contributed by atoms with E-state index in [0.29, 0.717) is 5.02 Å². The first-order valence-electron chi connectivity index (χ1n) is 7.95. The van der Waals surface area contributed by atoms with Gasteiger partial charge in [-0.25, -0.2) is 0 Å². The summed E-state index contributed by atoms with van der Waals surface area (Å²) in [6, 6.07) is 16.0. The molecule has 0 radical (unpaired) electrons. The summed E-state index contributed by atoms with van der Waals surface area (Å²) in [6.45, 7) is 4.62. The Morgan fingerprint density at radius 1 is 1.26 bits per heavy atom. The number of nitrogens with zero attached hydrogens (tertiary/aromatic N) is 1. The molecule has 0 aliphatic carbocycles. The van der Waals surface area contributed by atoms with E-state index in [1.165, 1.54) is 5.56 Å². The van der Waals surface area contributed by atoms with Gasteiger partial charge in [0.1, 0.15) is 0 Å². The van der Waals surface area contributed by atoms with E-state index in [2.05, 4.69) is 34.5 Å². The molecule has 4 heteroatoms. The maximum Gasteiger partial charge on any atom is 0.228 e. The number of halogens is 1. The maximum absolute atomic E-state index is 12.4. The minimum Gasteiger partial charge on any atom is -0.326 e. The van der Waals surface area contributed by atoms with Gasteiger partial charge in [-0.3, -0.25) is 9.69 Å². The van der Waals surface area contributed by atoms with E-state index in [0.717, 1.165) is 37.3 Å². The summed E-state index contributed by atoms with van der Waals surface area (Å²) in [5.41, 5.74) is 3.07. The van der Waals surface area contributed by atoms with Crippen molar-refractivity contribution in [2.75, 3.05) is 18.4 Å². The Hall–Kier alpha value is -1.84. The molecule has 0 aromatic heterocycles. The summed E-state index contributed by atoms with van der Waals surface area (Å²) >= 11 is 6.11. The van der Waals surface area contributed by atoms with Crippen LogP contribution in [0.3, 0.4) is 0 Å². The standard InChI is InChI=1S/C19H21ClN2O/c1-14-7-8-17(11-18(14)20)21-19(23)16-9-10-22(13-16)12-15-5-3-2-4-6-15/h2-8,11,16H,9-10,12-13H2,1H3,(H,21,23). The van der Waals surface area contributed by atoms with Gasteiger partial charge in [0.2, 0.25) is 5.91 Å². The molecule has 1 heterocycles. The van der Waals surface area contributed by atoms with Crippen LogP contribution < -0.4 is 5.32 Å². The fraction of sp³-hybridized carbons (Fsp3) is 0.316. The molecule has 1 fully saturated rings. The van der Waals surface area contributed by atoms with Gasteiger partial charge >= 0.3 is 0 Å². The number of carbonyl (C=O) groups is 1. The van der Waals surface area contributed by atoms with Crippen LogP contribution in [-0.2, 0) is 11.3 Å². The average molecular weight is 329 g/mol. The molecule has 1 saturated heterocycles. The Balaban J connectivity index is 1.56. The van der Waals surface area contributed by atoms with E-state index >= 15 is 0 Å². The van der Waals surface area contributed by atoms with Crippen LogP contribution in [0.25, 0.3) is 0 Å². The maximum atomic E-state index is 12.4. The molecule has 1 unspecified atom stereocenters. The van der Waals surface area contributed by atoms with Crippen LogP contribution >= 0.6 is 11.6 Å². The molecule has 0 saturated carbocycles. The van der Waals surface area contributed by atoms with Crippen LogP contribution in [0, 0.1) is 12.8 Å². The predicted molar refractivity (Wildman–Crippen MR) is 94.6 cm³/mol. The Labute approximate surface area is 142 Å². The summed E-state index contributed by atoms with van der Waals surface area (Å²) < 4.78 is 0. The number of nitrogens with one attached hydrogen (secondary N) is 1. The van der Waals surface area contributed by atoms with Crippen molar-refractivity contribution >= 4 is 23.2 Å². The minimum atomic E-state index is 0.0405. The molecule has 2 aromatic rings. The molecule has 1 atom stereocenters. The fourth-order valence-corrected chi connectivity index (χ4v) is 3.13. The summed E-state index contributed by atoms with van der Waals surface area (Å²) in [7, 11) is 0. The second kappa shape index (κ2) is 7.16. The summed E-state index contributed by atoms with van der Waals surface area (Å²) in [5, 5.41) is 3.67. The van der Waals surface area contributed by atoms with Crippen molar-refractivity contribution in [3.8, 4) is 0 Å². The number of aryl methyl sites for hydroxylation is 1. The van der Waals surface area contributed by atoms with Crippen LogP contribution in [0.1, 0.15) is 17.5 Å². The van der Waals surface area contributed by atoms with Gasteiger partial charge < -0.3 is 5.32 Å². The van der Waals surface area contributed by atoms with Gasteiger partial charge in [-0.05, 0) is 43.1 Å². The summed E-state index contributed by atoms with van der Waals surface area (Å²) in [6.07, 6.45) is 0.901. The van der Waals surface area contributed by atoms with Gasteiger partial charge in [-0.2, -0.15) is 0 Å². The third-order valence-electron chi connectivity index (χ3n) is 4.33. The van der Waals surface area contributed by atoms with Crippen LogP contribution in [0.15, 0.2) is 48.5 Å². The lowest BCUT2D eigenvalue weighted by Gasteiger charge is -2.16. The molecule has 23 heavy (non-hydrogen) atoms. The molecule has 120 valence electrons. The molecular formula is C19H21ClN2O. The van der Waals surface area contributed by atoms with E-state index in [1.54, 1.807) is 0 Å². The Morgan fingerprint density at radius 3 is 2.78 bits per heavy atom. The molecule has 0 spiro atoms. The number of anilines is 1. The first-order chi connectivity index (χ1) is 11.1. The topological polar surface area (TPSA) is 32.3 Å². The Bertz CT molecular complexity index is 687. The first kappa shape index (κ1) is 16.0. The molecule has 3 rings (SSSR count). The van der Waals surface area contributed by atoms with Crippen molar-refractivity contribution in [2.24, 2.45) is 5.92 Å². The second-order valence-electron chi connectivity index (χ2n) is 6.16. The van der Waals surface area contributed by atoms with Gasteiger partial charge in [0.05, 0.1) is 5.92 Å². The van der Waals surface area contributed by atoms with Crippen molar-refractivity contribution < 1.29 is 4.79 Å². The highest BCUT2D eigenvalue weighted by atomic mass is 35.5. The van der Waals surface area contributed by atoms with E-state index in [4.69, 9.17) is 11.6 Å². The minimum absolute atomic E-state index is 0.0405. The van der Waals surface area contributed by atoms with Crippen LogP contribution in [0.5, 0.6) is 0 Å². The number of benzene rings is 2. The van der Waals surface area contributed by atoms with Gasteiger partial charge in [-0.15, -0.1) is 0 Å². The van der Waals surface area contributed by atoms with Gasteiger partial charge in [0.25, 0.3) is 0 Å². The lowest BCUT2D eigenvalue weighted by Crippen LogP contribution is -2.26. The summed E-state index contributed by atoms with van der Waals surface area (Å²) in [5.74, 6) is 0.124. The highest BCUT2D eigenvalue weighted by Gasteiger charge is 2.28. The van der Waals surface area contributed by atoms with Crippen LogP contribution in [-0.4, -0.2) is 23.9 Å². The zero-order valence-corrected chi connectivity index (χ0v) is 14.0. The summed E-state index contributed by atoms with van der Waals surface area (Å²) in [4.78, 5) is 14.8. The third-order valence-corrected chi connectivity index (χ3v) is 4.74. The number of hydrogen-bond acceptors (Lipinski definition) is 2. The van der Waals surface area contributed by atoms with E-state index in [1.807, 2.05) is 31.2 Å². The Kier molecular flexibility index (Phi) is 4.99. The van der Waals surface area contributed by atoms with Crippen molar-refractivity contribution in [3.05, 3.63) is 64.7 Å². The van der Waals surface area contributed by atoms with E-state index < -0.39 is 0 Å². The van der Waals surface area contributed by atoms with Crippen molar-refractivity contribution in [3.63, 3.8) is 0 Å². The average Bonchev–Trinajstić information content (AvgIpc) is 3.00. The highest BCUT2D eigenvalue weighted by Crippen LogP contribution is 2.23. The van der Waals surface area contributed by atoms with Gasteiger partial charge in [-0.1, -0.05) is 48.0 Å². The van der Waals surface area contributed by atoms with Crippen molar-refractivity contribution in [1.82, 2.24) is 4.90 Å². The highest BCUT2D eigenvalue weighted by molar-refractivity contribution is 6.31. The molecular weight excluding hydrogens is 308 g/mol. The molecule has 3 nitrogen and oxygen atoms in total. The fourth-order valence-electron chi connectivity index (χ4n) is 2.95. The largest absolute Gasteiger partial charge is 0.326 e. The molecule has 2 aromatic carbocycles. The Morgan fingerprint density at radius 2 is 2.04 bits per heavy atom. The number of carbonyl (C=O) groups excluding carboxylic acids is 1. The first-order valence-corrected chi connectivity index (χ1v) is 8.33. The zero-order valence-electron chi connectivity index (χ0n) is 13.3. The number of hydrogen-bond donors (Lipinski definition) is 1. The predicted octanol–water partition coefficient (Wildman–Crippen LogP) is 4.11.